The first kappa shape index (κ1) is 18.6. The summed E-state index contributed by atoms with van der Waals surface area (Å²) >= 11 is 0. The number of alkyl halides is 3. The fourth-order valence-corrected chi connectivity index (χ4v) is 2.97. The van der Waals surface area contributed by atoms with E-state index in [-0.39, 0.29) is 30.5 Å². The van der Waals surface area contributed by atoms with Gasteiger partial charge in [0, 0.05) is 18.0 Å². The zero-order valence-electron chi connectivity index (χ0n) is 13.3. The van der Waals surface area contributed by atoms with Crippen LogP contribution in [0.15, 0.2) is 24.3 Å². The van der Waals surface area contributed by atoms with E-state index in [2.05, 4.69) is 5.32 Å². The number of rotatable bonds is 6. The molecule has 2 rings (SSSR count). The minimum absolute atomic E-state index is 0.0352. The minimum atomic E-state index is -4.34. The highest BCUT2D eigenvalue weighted by molar-refractivity contribution is 5.79. The molecule has 7 heteroatoms. The highest BCUT2D eigenvalue weighted by atomic mass is 19.4. The van der Waals surface area contributed by atoms with Crippen LogP contribution in [0.1, 0.15) is 31.2 Å². The summed E-state index contributed by atoms with van der Waals surface area (Å²) in [6, 6.07) is 6.56. The van der Waals surface area contributed by atoms with Crippen molar-refractivity contribution in [2.75, 3.05) is 13.2 Å². The second kappa shape index (κ2) is 8.37. The van der Waals surface area contributed by atoms with Gasteiger partial charge in [-0.2, -0.15) is 13.2 Å². The van der Waals surface area contributed by atoms with E-state index >= 15 is 0 Å². The first-order chi connectivity index (χ1) is 11.3. The Morgan fingerprint density at radius 3 is 2.67 bits per heavy atom. The Hall–Kier alpha value is -1.76. The molecule has 2 atom stereocenters. The predicted octanol–water partition coefficient (Wildman–Crippen LogP) is 3.19. The quantitative estimate of drug-likeness (QED) is 0.832. The number of hydrogen-bond acceptors (Lipinski definition) is 3. The standard InChI is InChI=1S/C17H22F3NO3/c18-17(19,20)11-24-15-8-4-2-6-13(15)10-21-16(23)9-12-5-1-3-7-14(12)22/h1,3,5,7,13,15,22H,2,4,6,8-11H2,(H,21,23)/t13-,15+/m1/s1. The number of phenolic OH excluding ortho intramolecular Hbond substituents is 1. The van der Waals surface area contributed by atoms with Gasteiger partial charge in [-0.1, -0.05) is 31.0 Å². The summed E-state index contributed by atoms with van der Waals surface area (Å²) in [6.07, 6.45) is -1.71. The maximum Gasteiger partial charge on any atom is 0.411 e. The Kier molecular flexibility index (Phi) is 6.48. The smallest absolute Gasteiger partial charge is 0.411 e. The molecule has 0 radical (unpaired) electrons. The van der Waals surface area contributed by atoms with Crippen LogP contribution in [0, 0.1) is 5.92 Å². The lowest BCUT2D eigenvalue weighted by Gasteiger charge is -2.32. The van der Waals surface area contributed by atoms with Crippen molar-refractivity contribution in [3.05, 3.63) is 29.8 Å². The van der Waals surface area contributed by atoms with Crippen molar-refractivity contribution in [1.29, 1.82) is 0 Å². The summed E-state index contributed by atoms with van der Waals surface area (Å²) in [5.74, 6) is -0.331. The molecule has 1 fully saturated rings. The number of carbonyl (C=O) groups is 1. The summed E-state index contributed by atoms with van der Waals surface area (Å²) in [7, 11) is 0. The molecule has 0 bridgehead atoms. The maximum absolute atomic E-state index is 12.3. The Bertz CT molecular complexity index is 548. The molecule has 0 aromatic heterocycles. The Balaban J connectivity index is 1.82. The van der Waals surface area contributed by atoms with Crippen LogP contribution in [0.4, 0.5) is 13.2 Å². The molecule has 0 unspecified atom stereocenters. The molecular weight excluding hydrogens is 323 g/mol. The van der Waals surface area contributed by atoms with Crippen LogP contribution in [-0.2, 0) is 16.0 Å². The van der Waals surface area contributed by atoms with Crippen molar-refractivity contribution < 1.29 is 27.8 Å². The molecule has 24 heavy (non-hydrogen) atoms. The summed E-state index contributed by atoms with van der Waals surface area (Å²) in [4.78, 5) is 12.0. The number of halogens is 3. The summed E-state index contributed by atoms with van der Waals surface area (Å²) < 4.78 is 42.0. The summed E-state index contributed by atoms with van der Waals surface area (Å²) in [5.41, 5.74) is 0.517. The van der Waals surface area contributed by atoms with Crippen LogP contribution in [0.5, 0.6) is 5.75 Å². The fraction of sp³-hybridized carbons (Fsp3) is 0.588. The summed E-state index contributed by atoms with van der Waals surface area (Å²) in [5, 5.41) is 12.4. The Morgan fingerprint density at radius 1 is 1.25 bits per heavy atom. The monoisotopic (exact) mass is 345 g/mol. The number of para-hydroxylation sites is 1. The minimum Gasteiger partial charge on any atom is -0.508 e. The molecular formula is C17H22F3NO3. The lowest BCUT2D eigenvalue weighted by molar-refractivity contribution is -0.193. The van der Waals surface area contributed by atoms with Gasteiger partial charge in [-0.3, -0.25) is 4.79 Å². The van der Waals surface area contributed by atoms with Crippen molar-refractivity contribution in [3.8, 4) is 5.75 Å². The molecule has 1 amide bonds. The Labute approximate surface area is 139 Å². The number of benzene rings is 1. The number of amides is 1. The van der Waals surface area contributed by atoms with Gasteiger partial charge in [-0.15, -0.1) is 0 Å². The molecule has 1 aromatic rings. The molecule has 0 heterocycles. The van der Waals surface area contributed by atoms with Gasteiger partial charge in [0.05, 0.1) is 12.5 Å². The van der Waals surface area contributed by atoms with Gasteiger partial charge in [0.15, 0.2) is 0 Å². The van der Waals surface area contributed by atoms with Crippen molar-refractivity contribution in [2.45, 2.75) is 44.4 Å². The lowest BCUT2D eigenvalue weighted by atomic mass is 9.86. The zero-order valence-corrected chi connectivity index (χ0v) is 13.3. The van der Waals surface area contributed by atoms with Crippen LogP contribution in [0.25, 0.3) is 0 Å². The SMILES string of the molecule is O=C(Cc1ccccc1O)NC[C@H]1CCCC[C@@H]1OCC(F)(F)F. The van der Waals surface area contributed by atoms with E-state index in [1.807, 2.05) is 0 Å². The topological polar surface area (TPSA) is 58.6 Å². The number of hydrogen-bond donors (Lipinski definition) is 2. The number of aromatic hydroxyl groups is 1. The molecule has 1 aromatic carbocycles. The largest absolute Gasteiger partial charge is 0.508 e. The molecule has 0 spiro atoms. The van der Waals surface area contributed by atoms with Crippen LogP contribution < -0.4 is 5.32 Å². The lowest BCUT2D eigenvalue weighted by Crippen LogP contribution is -2.39. The van der Waals surface area contributed by atoms with Gasteiger partial charge in [0.25, 0.3) is 0 Å². The molecule has 1 saturated carbocycles. The van der Waals surface area contributed by atoms with Crippen molar-refractivity contribution in [1.82, 2.24) is 5.32 Å². The van der Waals surface area contributed by atoms with E-state index in [0.29, 0.717) is 12.0 Å². The van der Waals surface area contributed by atoms with E-state index in [0.717, 1.165) is 19.3 Å². The second-order valence-corrected chi connectivity index (χ2v) is 6.12. The molecule has 134 valence electrons. The molecule has 1 aliphatic carbocycles. The van der Waals surface area contributed by atoms with E-state index in [4.69, 9.17) is 4.74 Å². The third-order valence-electron chi connectivity index (χ3n) is 4.20. The van der Waals surface area contributed by atoms with Gasteiger partial charge in [-0.25, -0.2) is 0 Å². The number of ether oxygens (including phenoxy) is 1. The van der Waals surface area contributed by atoms with Crippen LogP contribution >= 0.6 is 0 Å². The van der Waals surface area contributed by atoms with Crippen LogP contribution in [-0.4, -0.2) is 36.4 Å². The number of phenols is 1. The molecule has 1 aliphatic rings. The number of nitrogens with one attached hydrogen (secondary N) is 1. The van der Waals surface area contributed by atoms with E-state index < -0.39 is 18.9 Å². The average Bonchev–Trinajstić information content (AvgIpc) is 2.53. The van der Waals surface area contributed by atoms with Gasteiger partial charge in [0.2, 0.25) is 5.91 Å². The van der Waals surface area contributed by atoms with Gasteiger partial charge >= 0.3 is 6.18 Å². The van der Waals surface area contributed by atoms with Gasteiger partial charge in [-0.05, 0) is 18.9 Å². The first-order valence-corrected chi connectivity index (χ1v) is 8.07. The van der Waals surface area contributed by atoms with E-state index in [1.54, 1.807) is 18.2 Å². The van der Waals surface area contributed by atoms with Gasteiger partial charge in [0.1, 0.15) is 12.4 Å². The molecule has 0 aliphatic heterocycles. The Morgan fingerprint density at radius 2 is 1.96 bits per heavy atom. The highest BCUT2D eigenvalue weighted by Gasteiger charge is 2.33. The molecule has 4 nitrogen and oxygen atoms in total. The zero-order chi connectivity index (χ0) is 17.6. The highest BCUT2D eigenvalue weighted by Crippen LogP contribution is 2.28. The number of carbonyl (C=O) groups excluding carboxylic acids is 1. The maximum atomic E-state index is 12.3. The van der Waals surface area contributed by atoms with Crippen molar-refractivity contribution >= 4 is 5.91 Å². The predicted molar refractivity (Wildman–Crippen MR) is 82.6 cm³/mol. The first-order valence-electron chi connectivity index (χ1n) is 8.07. The van der Waals surface area contributed by atoms with Gasteiger partial charge < -0.3 is 15.2 Å². The second-order valence-electron chi connectivity index (χ2n) is 6.12. The van der Waals surface area contributed by atoms with Crippen molar-refractivity contribution in [3.63, 3.8) is 0 Å². The van der Waals surface area contributed by atoms with E-state index in [1.165, 1.54) is 6.07 Å². The fourth-order valence-electron chi connectivity index (χ4n) is 2.97. The average molecular weight is 345 g/mol. The third-order valence-corrected chi connectivity index (χ3v) is 4.20. The third kappa shape index (κ3) is 6.03. The molecule has 2 N–H and O–H groups in total. The van der Waals surface area contributed by atoms with Crippen LogP contribution in [0.3, 0.4) is 0 Å². The summed E-state index contributed by atoms with van der Waals surface area (Å²) in [6.45, 7) is -0.963. The van der Waals surface area contributed by atoms with Crippen LogP contribution in [0.2, 0.25) is 0 Å². The van der Waals surface area contributed by atoms with E-state index in [9.17, 15) is 23.1 Å². The molecule has 0 saturated heterocycles. The van der Waals surface area contributed by atoms with Crippen molar-refractivity contribution in [2.24, 2.45) is 5.92 Å². The normalized spacial score (nSPS) is 21.5.